The summed E-state index contributed by atoms with van der Waals surface area (Å²) in [5.41, 5.74) is 0.581. The zero-order valence-corrected chi connectivity index (χ0v) is 14.3. The van der Waals surface area contributed by atoms with Crippen molar-refractivity contribution in [1.82, 2.24) is 10.6 Å². The second-order valence-corrected chi connectivity index (χ2v) is 5.58. The number of ether oxygens (including phenoxy) is 2. The van der Waals surface area contributed by atoms with Crippen molar-refractivity contribution in [2.24, 2.45) is 5.92 Å². The van der Waals surface area contributed by atoms with Gasteiger partial charge in [-0.05, 0) is 44.0 Å². The van der Waals surface area contributed by atoms with Crippen LogP contribution in [0.2, 0.25) is 0 Å². The topological polar surface area (TPSA) is 59.6 Å². The molecule has 1 aromatic carbocycles. The Labute approximate surface area is 138 Å². The Morgan fingerprint density at radius 1 is 1.23 bits per heavy atom. The van der Waals surface area contributed by atoms with Crippen LogP contribution in [0.4, 0.5) is 0 Å². The summed E-state index contributed by atoms with van der Waals surface area (Å²) in [5, 5.41) is 6.53. The number of carbonyl (C=O) groups is 1. The fourth-order valence-electron chi connectivity index (χ4n) is 2.82. The molecule has 0 saturated carbocycles. The number of halogens is 1. The van der Waals surface area contributed by atoms with Crippen LogP contribution in [0.1, 0.15) is 30.6 Å². The smallest absolute Gasteiger partial charge is 0.251 e. The van der Waals surface area contributed by atoms with E-state index in [9.17, 15) is 4.79 Å². The van der Waals surface area contributed by atoms with Gasteiger partial charge in [-0.3, -0.25) is 4.79 Å². The highest BCUT2D eigenvalue weighted by molar-refractivity contribution is 5.95. The summed E-state index contributed by atoms with van der Waals surface area (Å²) in [6.45, 7) is 5.29. The van der Waals surface area contributed by atoms with Gasteiger partial charge in [-0.2, -0.15) is 0 Å². The van der Waals surface area contributed by atoms with E-state index in [-0.39, 0.29) is 30.4 Å². The number of carbonyl (C=O) groups excluding carboxylic acids is 1. The predicted octanol–water partition coefficient (Wildman–Crippen LogP) is 2.24. The highest BCUT2D eigenvalue weighted by Crippen LogP contribution is 2.27. The van der Waals surface area contributed by atoms with E-state index in [1.165, 1.54) is 0 Å². The second kappa shape index (κ2) is 8.25. The van der Waals surface area contributed by atoms with Crippen LogP contribution in [-0.4, -0.2) is 38.8 Å². The summed E-state index contributed by atoms with van der Waals surface area (Å²) in [6, 6.07) is 5.62. The Hall–Kier alpha value is -1.46. The van der Waals surface area contributed by atoms with E-state index in [2.05, 4.69) is 24.5 Å². The summed E-state index contributed by atoms with van der Waals surface area (Å²) < 4.78 is 10.4. The van der Waals surface area contributed by atoms with Gasteiger partial charge >= 0.3 is 0 Å². The van der Waals surface area contributed by atoms with E-state index in [1.807, 2.05) is 0 Å². The van der Waals surface area contributed by atoms with E-state index in [0.29, 0.717) is 23.0 Å². The molecule has 1 saturated heterocycles. The molecule has 1 aliphatic rings. The number of hydrogen-bond acceptors (Lipinski definition) is 4. The molecule has 1 heterocycles. The van der Waals surface area contributed by atoms with Gasteiger partial charge in [-0.25, -0.2) is 0 Å². The minimum Gasteiger partial charge on any atom is -0.493 e. The van der Waals surface area contributed by atoms with Gasteiger partial charge in [0.15, 0.2) is 11.5 Å². The number of hydrogen-bond donors (Lipinski definition) is 2. The molecule has 1 aromatic rings. The lowest BCUT2D eigenvalue weighted by Crippen LogP contribution is -2.55. The third kappa shape index (κ3) is 4.05. The van der Waals surface area contributed by atoms with Crippen molar-refractivity contribution in [3.63, 3.8) is 0 Å². The summed E-state index contributed by atoms with van der Waals surface area (Å²) in [7, 11) is 3.14. The zero-order chi connectivity index (χ0) is 15.4. The van der Waals surface area contributed by atoms with Gasteiger partial charge in [0, 0.05) is 17.6 Å². The Kier molecular flexibility index (Phi) is 6.97. The number of methoxy groups -OCH3 is 2. The van der Waals surface area contributed by atoms with Crippen LogP contribution in [0, 0.1) is 5.92 Å². The van der Waals surface area contributed by atoms with Crippen molar-refractivity contribution in [1.29, 1.82) is 0 Å². The molecule has 0 spiro atoms. The van der Waals surface area contributed by atoms with Gasteiger partial charge < -0.3 is 20.1 Å². The molecule has 0 aromatic heterocycles. The molecule has 5 nitrogen and oxygen atoms in total. The van der Waals surface area contributed by atoms with Gasteiger partial charge in [0.05, 0.1) is 14.2 Å². The maximum atomic E-state index is 12.4. The fourth-order valence-corrected chi connectivity index (χ4v) is 2.82. The Morgan fingerprint density at radius 3 is 2.50 bits per heavy atom. The number of amides is 1. The van der Waals surface area contributed by atoms with Crippen molar-refractivity contribution in [2.75, 3.05) is 20.8 Å². The summed E-state index contributed by atoms with van der Waals surface area (Å²) in [6.07, 6.45) is 1.07. The Morgan fingerprint density at radius 2 is 1.91 bits per heavy atom. The standard InChI is InChI=1S/C16H24N2O3.ClH/c1-10-7-8-17-11(2)15(10)18-16(19)12-5-6-13(20-3)14(9-12)21-4;/h5-6,9-11,15,17H,7-8H2,1-4H3,(H,18,19);1H. The van der Waals surface area contributed by atoms with E-state index in [1.54, 1.807) is 32.4 Å². The molecule has 2 N–H and O–H groups in total. The van der Waals surface area contributed by atoms with Crippen LogP contribution in [0.5, 0.6) is 11.5 Å². The number of nitrogens with one attached hydrogen (secondary N) is 2. The van der Waals surface area contributed by atoms with Crippen molar-refractivity contribution in [3.8, 4) is 11.5 Å². The average molecular weight is 329 g/mol. The minimum atomic E-state index is -0.0802. The third-order valence-corrected chi connectivity index (χ3v) is 4.16. The lowest BCUT2D eigenvalue weighted by Gasteiger charge is -2.36. The predicted molar refractivity (Wildman–Crippen MR) is 89.3 cm³/mol. The minimum absolute atomic E-state index is 0. The molecule has 0 bridgehead atoms. The largest absolute Gasteiger partial charge is 0.493 e. The van der Waals surface area contributed by atoms with Crippen molar-refractivity contribution in [3.05, 3.63) is 23.8 Å². The van der Waals surface area contributed by atoms with Gasteiger partial charge in [-0.15, -0.1) is 12.4 Å². The molecular formula is C16H25ClN2O3. The van der Waals surface area contributed by atoms with Gasteiger partial charge in [0.25, 0.3) is 5.91 Å². The van der Waals surface area contributed by atoms with Crippen LogP contribution in [-0.2, 0) is 0 Å². The summed E-state index contributed by atoms with van der Waals surface area (Å²) in [5.74, 6) is 1.57. The zero-order valence-electron chi connectivity index (χ0n) is 13.5. The van der Waals surface area contributed by atoms with Crippen LogP contribution >= 0.6 is 12.4 Å². The quantitative estimate of drug-likeness (QED) is 0.890. The first-order valence-corrected chi connectivity index (χ1v) is 7.33. The molecule has 3 atom stereocenters. The first kappa shape index (κ1) is 18.6. The molecule has 0 radical (unpaired) electrons. The molecule has 0 aliphatic carbocycles. The van der Waals surface area contributed by atoms with E-state index < -0.39 is 0 Å². The van der Waals surface area contributed by atoms with Crippen molar-refractivity contribution >= 4 is 18.3 Å². The lowest BCUT2D eigenvalue weighted by atomic mass is 9.89. The van der Waals surface area contributed by atoms with E-state index >= 15 is 0 Å². The highest BCUT2D eigenvalue weighted by Gasteiger charge is 2.29. The SMILES string of the molecule is COc1ccc(C(=O)NC2C(C)CCNC2C)cc1OC.Cl. The van der Waals surface area contributed by atoms with Crippen LogP contribution < -0.4 is 20.1 Å². The van der Waals surface area contributed by atoms with Crippen molar-refractivity contribution < 1.29 is 14.3 Å². The monoisotopic (exact) mass is 328 g/mol. The molecule has 124 valence electrons. The van der Waals surface area contributed by atoms with E-state index in [4.69, 9.17) is 9.47 Å². The molecule has 2 rings (SSSR count). The van der Waals surface area contributed by atoms with Gasteiger partial charge in [0.2, 0.25) is 0 Å². The Bertz CT molecular complexity index is 500. The molecule has 22 heavy (non-hydrogen) atoms. The van der Waals surface area contributed by atoms with Gasteiger partial charge in [0.1, 0.15) is 0 Å². The average Bonchev–Trinajstić information content (AvgIpc) is 2.50. The third-order valence-electron chi connectivity index (χ3n) is 4.16. The molecule has 6 heteroatoms. The molecule has 1 amide bonds. The number of rotatable bonds is 4. The molecule has 3 unspecified atom stereocenters. The van der Waals surface area contributed by atoms with Crippen molar-refractivity contribution in [2.45, 2.75) is 32.4 Å². The summed E-state index contributed by atoms with van der Waals surface area (Å²) >= 11 is 0. The number of piperidine rings is 1. The Balaban J connectivity index is 0.00000242. The molecular weight excluding hydrogens is 304 g/mol. The lowest BCUT2D eigenvalue weighted by molar-refractivity contribution is 0.0897. The number of benzene rings is 1. The second-order valence-electron chi connectivity index (χ2n) is 5.58. The first-order chi connectivity index (χ1) is 10.1. The maximum Gasteiger partial charge on any atom is 0.251 e. The maximum absolute atomic E-state index is 12.4. The molecule has 1 fully saturated rings. The van der Waals surface area contributed by atoms with Crippen LogP contribution in [0.25, 0.3) is 0 Å². The molecule has 1 aliphatic heterocycles. The van der Waals surface area contributed by atoms with E-state index in [0.717, 1.165) is 13.0 Å². The van der Waals surface area contributed by atoms with Crippen LogP contribution in [0.15, 0.2) is 18.2 Å². The summed E-state index contributed by atoms with van der Waals surface area (Å²) in [4.78, 5) is 12.4. The first-order valence-electron chi connectivity index (χ1n) is 7.33. The highest BCUT2D eigenvalue weighted by atomic mass is 35.5. The fraction of sp³-hybridized carbons (Fsp3) is 0.562. The van der Waals surface area contributed by atoms with Gasteiger partial charge in [-0.1, -0.05) is 6.92 Å². The normalized spacial score (nSPS) is 24.1. The van der Waals surface area contributed by atoms with Crippen LogP contribution in [0.3, 0.4) is 0 Å².